The molecule has 0 fully saturated rings. The predicted molar refractivity (Wildman–Crippen MR) is 55.8 cm³/mol. The average Bonchev–Trinajstić information content (AvgIpc) is 2.27. The van der Waals surface area contributed by atoms with E-state index in [9.17, 15) is 4.79 Å². The van der Waals surface area contributed by atoms with Crippen LogP contribution >= 0.6 is 0 Å². The molecule has 0 radical (unpaired) electrons. The maximum atomic E-state index is 11.5. The predicted octanol–water partition coefficient (Wildman–Crippen LogP) is 1.37. The van der Waals surface area contributed by atoms with Crippen LogP contribution in [0.5, 0.6) is 0 Å². The minimum atomic E-state index is -0.477. The second-order valence-electron chi connectivity index (χ2n) is 3.91. The Morgan fingerprint density at radius 2 is 2.14 bits per heavy atom. The Bertz CT molecular complexity index is 309. The van der Waals surface area contributed by atoms with Gasteiger partial charge in [0.15, 0.2) is 0 Å². The van der Waals surface area contributed by atoms with Gasteiger partial charge in [-0.1, -0.05) is 0 Å². The normalized spacial score (nSPS) is 16.1. The van der Waals surface area contributed by atoms with Crippen LogP contribution in [0.3, 0.4) is 0 Å². The van der Waals surface area contributed by atoms with Gasteiger partial charge >= 0.3 is 5.97 Å². The fourth-order valence-corrected chi connectivity index (χ4v) is 0.867. The number of nitrogens with zero attached hydrogens (tertiary/aromatic N) is 2. The molecule has 1 rings (SSSR count). The lowest BCUT2D eigenvalue weighted by molar-refractivity contribution is -0.149. The quantitative estimate of drug-likeness (QED) is 0.592. The van der Waals surface area contributed by atoms with E-state index in [2.05, 4.69) is 9.98 Å². The second kappa shape index (κ2) is 4.17. The molecule has 4 nitrogen and oxygen atoms in total. The zero-order valence-corrected chi connectivity index (χ0v) is 8.65. The first kappa shape index (κ1) is 10.6. The third kappa shape index (κ3) is 3.51. The van der Waals surface area contributed by atoms with Crippen LogP contribution in [0.1, 0.15) is 20.8 Å². The fourth-order valence-electron chi connectivity index (χ4n) is 0.867. The van der Waals surface area contributed by atoms with Crippen LogP contribution in [0.25, 0.3) is 0 Å². The van der Waals surface area contributed by atoms with E-state index in [4.69, 9.17) is 4.74 Å². The van der Waals surface area contributed by atoms with Crippen LogP contribution in [0.2, 0.25) is 0 Å². The van der Waals surface area contributed by atoms with Crippen molar-refractivity contribution in [2.24, 2.45) is 9.98 Å². The maximum Gasteiger partial charge on any atom is 0.340 e. The zero-order chi connectivity index (χ0) is 10.6. The molecule has 0 bridgehead atoms. The summed E-state index contributed by atoms with van der Waals surface area (Å²) in [4.78, 5) is 19.3. The monoisotopic (exact) mass is 194 g/mol. The summed E-state index contributed by atoms with van der Waals surface area (Å²) in [5, 5.41) is 0. The summed E-state index contributed by atoms with van der Waals surface area (Å²) in [5.74, 6) is -0.366. The topological polar surface area (TPSA) is 51.0 Å². The highest BCUT2D eigenvalue weighted by molar-refractivity contribution is 6.12. The van der Waals surface area contributed by atoms with E-state index < -0.39 is 5.60 Å². The van der Waals surface area contributed by atoms with Crippen molar-refractivity contribution < 1.29 is 9.53 Å². The highest BCUT2D eigenvalue weighted by Crippen LogP contribution is 2.10. The molecule has 14 heavy (non-hydrogen) atoms. The van der Waals surface area contributed by atoms with E-state index in [1.807, 2.05) is 20.8 Å². The molecule has 4 heteroatoms. The Balaban J connectivity index is 2.69. The van der Waals surface area contributed by atoms with Gasteiger partial charge in [0.1, 0.15) is 12.3 Å². The van der Waals surface area contributed by atoms with E-state index in [0.717, 1.165) is 0 Å². The Labute approximate surface area is 83.4 Å². The van der Waals surface area contributed by atoms with Crippen LogP contribution in [0, 0.1) is 0 Å². The largest absolute Gasteiger partial charge is 0.456 e. The number of allylic oxidation sites excluding steroid dienone is 1. The third-order valence-corrected chi connectivity index (χ3v) is 1.39. The summed E-state index contributed by atoms with van der Waals surface area (Å²) < 4.78 is 5.17. The van der Waals surface area contributed by atoms with Crippen LogP contribution < -0.4 is 0 Å². The van der Waals surface area contributed by atoms with Crippen LogP contribution in [-0.2, 0) is 9.53 Å². The van der Waals surface area contributed by atoms with Gasteiger partial charge in [-0.05, 0) is 26.8 Å². The Morgan fingerprint density at radius 1 is 1.43 bits per heavy atom. The van der Waals surface area contributed by atoms with Gasteiger partial charge in [0.05, 0.1) is 5.57 Å². The molecule has 0 atom stereocenters. The van der Waals surface area contributed by atoms with Crippen molar-refractivity contribution in [3.8, 4) is 0 Å². The lowest BCUT2D eigenvalue weighted by atomic mass is 10.2. The number of esters is 1. The lowest BCUT2D eigenvalue weighted by Crippen LogP contribution is -2.25. The maximum absolute atomic E-state index is 11.5. The number of rotatable bonds is 1. The van der Waals surface area contributed by atoms with Gasteiger partial charge in [0.2, 0.25) is 0 Å². The van der Waals surface area contributed by atoms with Gasteiger partial charge in [-0.3, -0.25) is 9.98 Å². The number of aliphatic imine (C=N–C) groups is 2. The molecule has 0 amide bonds. The first-order valence-corrected chi connectivity index (χ1v) is 4.42. The molecule has 1 aliphatic rings. The van der Waals surface area contributed by atoms with E-state index in [0.29, 0.717) is 12.2 Å². The van der Waals surface area contributed by atoms with Gasteiger partial charge in [0, 0.05) is 12.4 Å². The third-order valence-electron chi connectivity index (χ3n) is 1.39. The first-order chi connectivity index (χ1) is 6.49. The summed E-state index contributed by atoms with van der Waals surface area (Å²) >= 11 is 0. The molecule has 0 unspecified atom stereocenters. The molecule has 0 saturated heterocycles. The first-order valence-electron chi connectivity index (χ1n) is 4.42. The summed E-state index contributed by atoms with van der Waals surface area (Å²) in [6.45, 7) is 5.84. The molecule has 0 aromatic carbocycles. The number of hydrogen-bond acceptors (Lipinski definition) is 4. The van der Waals surface area contributed by atoms with E-state index in [1.165, 1.54) is 6.21 Å². The molecule has 0 aliphatic carbocycles. The average molecular weight is 194 g/mol. The molecule has 0 spiro atoms. The summed E-state index contributed by atoms with van der Waals surface area (Å²) in [6, 6.07) is 0. The van der Waals surface area contributed by atoms with E-state index in [1.54, 1.807) is 12.3 Å². The smallest absolute Gasteiger partial charge is 0.340 e. The van der Waals surface area contributed by atoms with Crippen LogP contribution in [0.15, 0.2) is 21.6 Å². The Morgan fingerprint density at radius 3 is 2.79 bits per heavy atom. The van der Waals surface area contributed by atoms with Crippen molar-refractivity contribution in [1.29, 1.82) is 0 Å². The zero-order valence-electron chi connectivity index (χ0n) is 8.65. The number of hydrogen-bond donors (Lipinski definition) is 0. The molecule has 1 heterocycles. The summed E-state index contributed by atoms with van der Waals surface area (Å²) in [6.07, 6.45) is 4.65. The van der Waals surface area contributed by atoms with Gasteiger partial charge in [0.25, 0.3) is 0 Å². The number of carbonyl (C=O) groups excluding carboxylic acids is 1. The molecule has 0 aromatic heterocycles. The van der Waals surface area contributed by atoms with Crippen molar-refractivity contribution in [2.75, 3.05) is 6.67 Å². The second-order valence-corrected chi connectivity index (χ2v) is 3.91. The van der Waals surface area contributed by atoms with Gasteiger partial charge in [-0.15, -0.1) is 0 Å². The van der Waals surface area contributed by atoms with Crippen molar-refractivity contribution in [3.63, 3.8) is 0 Å². The molecule has 0 aromatic rings. The fraction of sp³-hybridized carbons (Fsp3) is 0.500. The molecular formula is C10H14N2O2. The van der Waals surface area contributed by atoms with E-state index >= 15 is 0 Å². The molecule has 0 saturated carbocycles. The summed E-state index contributed by atoms with van der Waals surface area (Å²) in [5.41, 5.74) is -0.0453. The van der Waals surface area contributed by atoms with Crippen LogP contribution in [0.4, 0.5) is 0 Å². The van der Waals surface area contributed by atoms with Crippen LogP contribution in [-0.4, -0.2) is 30.7 Å². The lowest BCUT2D eigenvalue weighted by Gasteiger charge is -2.19. The molecule has 0 N–H and O–H groups in total. The van der Waals surface area contributed by atoms with Gasteiger partial charge in [-0.25, -0.2) is 4.79 Å². The van der Waals surface area contributed by atoms with Gasteiger partial charge < -0.3 is 4.74 Å². The highest BCUT2D eigenvalue weighted by Gasteiger charge is 2.18. The standard InChI is InChI=1S/C10H14N2O2/c1-10(2,3)14-9(13)8-4-5-11-7-12-6-8/h4-6H,7H2,1-3H3. The molecular weight excluding hydrogens is 180 g/mol. The van der Waals surface area contributed by atoms with Crippen molar-refractivity contribution >= 4 is 18.4 Å². The molecule has 76 valence electrons. The molecule has 1 aliphatic heterocycles. The van der Waals surface area contributed by atoms with Crippen molar-refractivity contribution in [3.05, 3.63) is 11.6 Å². The SMILES string of the molecule is CC(C)(C)OC(=O)C1=CC=NCN=C1. The minimum absolute atomic E-state index is 0.364. The summed E-state index contributed by atoms with van der Waals surface area (Å²) in [7, 11) is 0. The number of ether oxygens (including phenoxy) is 1. The Kier molecular flexibility index (Phi) is 3.17. The highest BCUT2D eigenvalue weighted by atomic mass is 16.6. The number of carbonyl (C=O) groups is 1. The van der Waals surface area contributed by atoms with Gasteiger partial charge in [-0.2, -0.15) is 0 Å². The Hall–Kier alpha value is -1.45. The van der Waals surface area contributed by atoms with E-state index in [-0.39, 0.29) is 5.97 Å². The van der Waals surface area contributed by atoms with Crippen molar-refractivity contribution in [2.45, 2.75) is 26.4 Å². The van der Waals surface area contributed by atoms with Crippen molar-refractivity contribution in [1.82, 2.24) is 0 Å². The minimum Gasteiger partial charge on any atom is -0.456 e.